The van der Waals surface area contributed by atoms with E-state index in [1.807, 2.05) is 0 Å². The second-order valence-corrected chi connectivity index (χ2v) is 6.76. The van der Waals surface area contributed by atoms with E-state index in [0.29, 0.717) is 5.41 Å². The van der Waals surface area contributed by atoms with Crippen LogP contribution < -0.4 is 10.1 Å². The van der Waals surface area contributed by atoms with E-state index in [-0.39, 0.29) is 0 Å². The minimum absolute atomic E-state index is 0.566. The highest BCUT2D eigenvalue weighted by Crippen LogP contribution is 2.35. The molecule has 0 amide bonds. The van der Waals surface area contributed by atoms with Crippen LogP contribution in [0, 0.1) is 5.41 Å². The molecule has 3 rings (SSSR count). The minimum atomic E-state index is 0.566. The topological polar surface area (TPSA) is 24.5 Å². The molecule has 0 radical (unpaired) electrons. The van der Waals surface area contributed by atoms with E-state index in [0.717, 1.165) is 12.2 Å². The van der Waals surface area contributed by atoms with E-state index < -0.39 is 0 Å². The highest BCUT2D eigenvalue weighted by Gasteiger charge is 2.36. The van der Waals surface area contributed by atoms with Crippen molar-refractivity contribution in [2.75, 3.05) is 39.8 Å². The minimum Gasteiger partial charge on any atom is -0.497 e. The molecule has 1 aromatic carbocycles. The van der Waals surface area contributed by atoms with E-state index in [4.69, 9.17) is 4.74 Å². The van der Waals surface area contributed by atoms with Gasteiger partial charge >= 0.3 is 0 Å². The van der Waals surface area contributed by atoms with Crippen molar-refractivity contribution in [1.29, 1.82) is 0 Å². The quantitative estimate of drug-likeness (QED) is 0.922. The number of nitrogens with one attached hydrogen (secondary N) is 1. The number of benzene rings is 1. The highest BCUT2D eigenvalue weighted by atomic mass is 16.5. The van der Waals surface area contributed by atoms with Crippen LogP contribution in [0.3, 0.4) is 0 Å². The van der Waals surface area contributed by atoms with Crippen LogP contribution in [0.15, 0.2) is 24.3 Å². The second kappa shape index (κ2) is 6.80. The number of rotatable bonds is 4. The zero-order chi connectivity index (χ0) is 14.5. The van der Waals surface area contributed by atoms with Crippen molar-refractivity contribution in [3.63, 3.8) is 0 Å². The van der Waals surface area contributed by atoms with Crippen LogP contribution in [0.5, 0.6) is 5.75 Å². The second-order valence-electron chi connectivity index (χ2n) is 6.76. The molecule has 2 saturated heterocycles. The fourth-order valence-electron chi connectivity index (χ4n) is 3.96. The number of hydrogen-bond acceptors (Lipinski definition) is 3. The molecule has 1 aromatic rings. The molecule has 0 saturated carbocycles. The number of piperidine rings is 2. The highest BCUT2D eigenvalue weighted by molar-refractivity contribution is 5.27. The molecule has 2 aliphatic heterocycles. The lowest BCUT2D eigenvalue weighted by Crippen LogP contribution is -2.51. The van der Waals surface area contributed by atoms with Crippen molar-refractivity contribution in [3.8, 4) is 5.75 Å². The Morgan fingerprint density at radius 1 is 1.19 bits per heavy atom. The van der Waals surface area contributed by atoms with E-state index in [1.165, 1.54) is 64.0 Å². The van der Waals surface area contributed by atoms with Crippen LogP contribution in [0.25, 0.3) is 0 Å². The third-order valence-corrected chi connectivity index (χ3v) is 5.18. The number of ether oxygens (including phenoxy) is 1. The summed E-state index contributed by atoms with van der Waals surface area (Å²) in [4.78, 5) is 2.68. The summed E-state index contributed by atoms with van der Waals surface area (Å²) in [7, 11) is 1.72. The summed E-state index contributed by atoms with van der Waals surface area (Å²) in [5, 5.41) is 3.61. The van der Waals surface area contributed by atoms with Gasteiger partial charge in [-0.1, -0.05) is 12.1 Å². The molecule has 0 aliphatic carbocycles. The van der Waals surface area contributed by atoms with Gasteiger partial charge in [-0.05, 0) is 68.3 Å². The summed E-state index contributed by atoms with van der Waals surface area (Å²) in [5.41, 5.74) is 1.98. The van der Waals surface area contributed by atoms with Gasteiger partial charge in [0.25, 0.3) is 0 Å². The Kier molecular flexibility index (Phi) is 4.81. The van der Waals surface area contributed by atoms with Gasteiger partial charge in [0.05, 0.1) is 7.11 Å². The first-order valence-electron chi connectivity index (χ1n) is 8.36. The fraction of sp³-hybridized carbons (Fsp3) is 0.667. The largest absolute Gasteiger partial charge is 0.497 e. The predicted molar refractivity (Wildman–Crippen MR) is 86.9 cm³/mol. The van der Waals surface area contributed by atoms with Crippen molar-refractivity contribution in [2.45, 2.75) is 32.1 Å². The number of hydrogen-bond donors (Lipinski definition) is 1. The monoisotopic (exact) mass is 288 g/mol. The third-order valence-electron chi connectivity index (χ3n) is 5.18. The van der Waals surface area contributed by atoms with Crippen molar-refractivity contribution in [3.05, 3.63) is 29.8 Å². The molecule has 1 spiro atoms. The van der Waals surface area contributed by atoms with Gasteiger partial charge in [0, 0.05) is 19.6 Å². The molecule has 2 heterocycles. The van der Waals surface area contributed by atoms with Crippen LogP contribution in [-0.4, -0.2) is 44.7 Å². The number of nitrogens with zero attached hydrogens (tertiary/aromatic N) is 1. The molecular formula is C18H28N2O. The molecule has 1 N–H and O–H groups in total. The average molecular weight is 288 g/mol. The van der Waals surface area contributed by atoms with Gasteiger partial charge in [-0.2, -0.15) is 0 Å². The Bertz CT molecular complexity index is 432. The van der Waals surface area contributed by atoms with E-state index in [1.54, 1.807) is 7.11 Å². The lowest BCUT2D eigenvalue weighted by molar-refractivity contribution is 0.0654. The zero-order valence-electron chi connectivity index (χ0n) is 13.2. The smallest absolute Gasteiger partial charge is 0.118 e. The van der Waals surface area contributed by atoms with Gasteiger partial charge in [0.15, 0.2) is 0 Å². The molecule has 2 aliphatic rings. The third kappa shape index (κ3) is 3.78. The summed E-state index contributed by atoms with van der Waals surface area (Å²) in [5.74, 6) is 0.948. The Labute approximate surface area is 128 Å². The summed E-state index contributed by atoms with van der Waals surface area (Å²) in [6, 6.07) is 8.53. The van der Waals surface area contributed by atoms with E-state index in [9.17, 15) is 0 Å². The molecule has 21 heavy (non-hydrogen) atoms. The van der Waals surface area contributed by atoms with Gasteiger partial charge in [0.2, 0.25) is 0 Å². The van der Waals surface area contributed by atoms with Gasteiger partial charge in [-0.3, -0.25) is 0 Å². The van der Waals surface area contributed by atoms with Gasteiger partial charge in [-0.25, -0.2) is 0 Å². The maximum atomic E-state index is 5.22. The molecular weight excluding hydrogens is 260 g/mol. The van der Waals surface area contributed by atoms with Crippen molar-refractivity contribution >= 4 is 0 Å². The summed E-state index contributed by atoms with van der Waals surface area (Å²) in [6.07, 6.45) is 6.70. The standard InChI is InChI=1S/C18H28N2O/c1-21-17-6-4-16(5-7-17)8-13-20-12-3-10-18(15-20)9-2-11-19-14-18/h4-7,19H,2-3,8-15H2,1H3. The first-order chi connectivity index (χ1) is 10.3. The van der Waals surface area contributed by atoms with Gasteiger partial charge < -0.3 is 15.0 Å². The molecule has 3 nitrogen and oxygen atoms in total. The van der Waals surface area contributed by atoms with Crippen LogP contribution in [0.4, 0.5) is 0 Å². The maximum absolute atomic E-state index is 5.22. The molecule has 3 heteroatoms. The molecule has 0 bridgehead atoms. The normalized spacial score (nSPS) is 26.9. The van der Waals surface area contributed by atoms with Crippen molar-refractivity contribution < 1.29 is 4.74 Å². The average Bonchev–Trinajstić information content (AvgIpc) is 2.54. The fourth-order valence-corrected chi connectivity index (χ4v) is 3.96. The van der Waals surface area contributed by atoms with Crippen molar-refractivity contribution in [2.24, 2.45) is 5.41 Å². The number of methoxy groups -OCH3 is 1. The van der Waals surface area contributed by atoms with Crippen LogP contribution in [0.1, 0.15) is 31.2 Å². The SMILES string of the molecule is COc1ccc(CCN2CCCC3(CCCNC3)C2)cc1. The lowest BCUT2D eigenvalue weighted by Gasteiger charge is -2.45. The van der Waals surface area contributed by atoms with Crippen molar-refractivity contribution in [1.82, 2.24) is 10.2 Å². The molecule has 0 aromatic heterocycles. The Balaban J connectivity index is 1.52. The predicted octanol–water partition coefficient (Wildman–Crippen LogP) is 2.70. The summed E-state index contributed by atoms with van der Waals surface area (Å²) in [6.45, 7) is 6.20. The van der Waals surface area contributed by atoms with E-state index >= 15 is 0 Å². The first-order valence-corrected chi connectivity index (χ1v) is 8.36. The Morgan fingerprint density at radius 2 is 2.00 bits per heavy atom. The van der Waals surface area contributed by atoms with Crippen LogP contribution in [-0.2, 0) is 6.42 Å². The maximum Gasteiger partial charge on any atom is 0.118 e. The summed E-state index contributed by atoms with van der Waals surface area (Å²) >= 11 is 0. The van der Waals surface area contributed by atoms with Gasteiger partial charge in [-0.15, -0.1) is 0 Å². The Morgan fingerprint density at radius 3 is 2.71 bits per heavy atom. The molecule has 1 atom stereocenters. The number of likely N-dealkylation sites (tertiary alicyclic amines) is 1. The first kappa shape index (κ1) is 14.9. The zero-order valence-corrected chi connectivity index (χ0v) is 13.2. The van der Waals surface area contributed by atoms with Crippen LogP contribution in [0.2, 0.25) is 0 Å². The summed E-state index contributed by atoms with van der Waals surface area (Å²) < 4.78 is 5.22. The molecule has 2 fully saturated rings. The van der Waals surface area contributed by atoms with Gasteiger partial charge in [0.1, 0.15) is 5.75 Å². The van der Waals surface area contributed by atoms with E-state index in [2.05, 4.69) is 34.5 Å². The molecule has 1 unspecified atom stereocenters. The Hall–Kier alpha value is -1.06. The molecule has 116 valence electrons. The van der Waals surface area contributed by atoms with Crippen LogP contribution >= 0.6 is 0 Å². The lowest BCUT2D eigenvalue weighted by atomic mass is 9.74.